The molecule has 1 N–H and O–H groups in total. The summed E-state index contributed by atoms with van der Waals surface area (Å²) in [5, 5.41) is 3.53. The fourth-order valence-electron chi connectivity index (χ4n) is 2.55. The largest absolute Gasteiger partial charge is 0.378 e. The van der Waals surface area contributed by atoms with Gasteiger partial charge in [-0.15, -0.1) is 0 Å². The second-order valence-corrected chi connectivity index (χ2v) is 7.90. The molecule has 0 saturated carbocycles. The van der Waals surface area contributed by atoms with E-state index in [0.717, 1.165) is 45.3 Å². The van der Waals surface area contributed by atoms with E-state index >= 15 is 0 Å². The van der Waals surface area contributed by atoms with Gasteiger partial charge in [0, 0.05) is 24.7 Å². The predicted molar refractivity (Wildman–Crippen MR) is 79.2 cm³/mol. The molecule has 0 aromatic rings. The summed E-state index contributed by atoms with van der Waals surface area (Å²) in [6, 6.07) is 0.436. The molecule has 1 aliphatic rings. The predicted octanol–water partition coefficient (Wildman–Crippen LogP) is 2.14. The molecule has 2 unspecified atom stereocenters. The van der Waals surface area contributed by atoms with Gasteiger partial charge in [-0.05, 0) is 51.5 Å². The summed E-state index contributed by atoms with van der Waals surface area (Å²) >= 11 is 0. The lowest BCUT2D eigenvalue weighted by Crippen LogP contribution is -2.31. The average molecular weight is 291 g/mol. The summed E-state index contributed by atoms with van der Waals surface area (Å²) in [7, 11) is -2.82. The van der Waals surface area contributed by atoms with Crippen LogP contribution in [0.3, 0.4) is 0 Å². The fraction of sp³-hybridized carbons (Fsp3) is 1.00. The summed E-state index contributed by atoms with van der Waals surface area (Å²) in [6.45, 7) is 4.07. The summed E-state index contributed by atoms with van der Waals surface area (Å²) in [6.07, 6.45) is 9.12. The first-order valence-corrected chi connectivity index (χ1v) is 9.60. The molecule has 0 aromatic carbocycles. The van der Waals surface area contributed by atoms with Crippen molar-refractivity contribution in [3.05, 3.63) is 0 Å². The maximum absolute atomic E-state index is 11.2. The molecule has 0 radical (unpaired) electrons. The SMILES string of the molecule is CCCNC(CCCS(C)(=O)=O)CCC1CCCO1. The van der Waals surface area contributed by atoms with Crippen LogP contribution < -0.4 is 5.32 Å². The minimum absolute atomic E-state index is 0.303. The normalized spacial score (nSPS) is 21.7. The van der Waals surface area contributed by atoms with Crippen LogP contribution in [0.2, 0.25) is 0 Å². The Balaban J connectivity index is 2.24. The van der Waals surface area contributed by atoms with Gasteiger partial charge in [0.1, 0.15) is 9.84 Å². The molecule has 1 heterocycles. The van der Waals surface area contributed by atoms with Crippen molar-refractivity contribution in [3.8, 4) is 0 Å². The van der Waals surface area contributed by atoms with E-state index in [1.807, 2.05) is 0 Å². The maximum atomic E-state index is 11.2. The monoisotopic (exact) mass is 291 g/mol. The van der Waals surface area contributed by atoms with E-state index in [0.29, 0.717) is 17.9 Å². The topological polar surface area (TPSA) is 55.4 Å². The fourth-order valence-corrected chi connectivity index (χ4v) is 3.24. The summed E-state index contributed by atoms with van der Waals surface area (Å²) in [4.78, 5) is 0. The third kappa shape index (κ3) is 8.60. The Bertz CT molecular complexity index is 324. The minimum atomic E-state index is -2.82. The smallest absolute Gasteiger partial charge is 0.147 e. The molecule has 1 saturated heterocycles. The van der Waals surface area contributed by atoms with Gasteiger partial charge in [-0.2, -0.15) is 0 Å². The van der Waals surface area contributed by atoms with E-state index in [-0.39, 0.29) is 0 Å². The van der Waals surface area contributed by atoms with Crippen molar-refractivity contribution < 1.29 is 13.2 Å². The highest BCUT2D eigenvalue weighted by molar-refractivity contribution is 7.90. The van der Waals surface area contributed by atoms with E-state index in [1.54, 1.807) is 0 Å². The zero-order chi connectivity index (χ0) is 14.1. The third-order valence-electron chi connectivity index (χ3n) is 3.61. The number of hydrogen-bond donors (Lipinski definition) is 1. The lowest BCUT2D eigenvalue weighted by atomic mass is 10.0. The highest BCUT2D eigenvalue weighted by Gasteiger charge is 2.18. The van der Waals surface area contributed by atoms with E-state index in [1.165, 1.54) is 19.1 Å². The molecule has 1 aliphatic heterocycles. The quantitative estimate of drug-likeness (QED) is 0.670. The first kappa shape index (κ1) is 16.9. The Morgan fingerprint density at radius 3 is 2.74 bits per heavy atom. The highest BCUT2D eigenvalue weighted by atomic mass is 32.2. The van der Waals surface area contributed by atoms with E-state index in [4.69, 9.17) is 4.74 Å². The second-order valence-electron chi connectivity index (χ2n) is 5.64. The van der Waals surface area contributed by atoms with Crippen LogP contribution in [0.15, 0.2) is 0 Å². The molecule has 0 aliphatic carbocycles. The standard InChI is InChI=1S/C14H29NO3S/c1-3-10-15-13(6-5-12-19(2,16)17)8-9-14-7-4-11-18-14/h13-15H,3-12H2,1-2H3. The first-order valence-electron chi connectivity index (χ1n) is 7.54. The second kappa shape index (κ2) is 8.93. The van der Waals surface area contributed by atoms with E-state index in [2.05, 4.69) is 12.2 Å². The number of nitrogens with one attached hydrogen (secondary N) is 1. The van der Waals surface area contributed by atoms with Crippen LogP contribution in [0.4, 0.5) is 0 Å². The molecule has 0 amide bonds. The van der Waals surface area contributed by atoms with Crippen LogP contribution in [0, 0.1) is 0 Å². The maximum Gasteiger partial charge on any atom is 0.147 e. The van der Waals surface area contributed by atoms with Crippen molar-refractivity contribution in [3.63, 3.8) is 0 Å². The lowest BCUT2D eigenvalue weighted by molar-refractivity contribution is 0.0992. The summed E-state index contributed by atoms with van der Waals surface area (Å²) < 4.78 is 27.9. The first-order chi connectivity index (χ1) is 9.01. The number of ether oxygens (including phenoxy) is 1. The Morgan fingerprint density at radius 1 is 1.37 bits per heavy atom. The van der Waals surface area contributed by atoms with Crippen molar-refractivity contribution in [1.82, 2.24) is 5.32 Å². The molecule has 1 fully saturated rings. The van der Waals surface area contributed by atoms with Crippen LogP contribution >= 0.6 is 0 Å². The molecule has 19 heavy (non-hydrogen) atoms. The molecule has 2 atom stereocenters. The zero-order valence-corrected chi connectivity index (χ0v) is 13.2. The van der Waals surface area contributed by atoms with Crippen LogP contribution in [0.5, 0.6) is 0 Å². The van der Waals surface area contributed by atoms with Gasteiger partial charge in [-0.1, -0.05) is 6.92 Å². The van der Waals surface area contributed by atoms with E-state index in [9.17, 15) is 8.42 Å². The van der Waals surface area contributed by atoms with E-state index < -0.39 is 9.84 Å². The Kier molecular flexibility index (Phi) is 7.95. The molecule has 114 valence electrons. The van der Waals surface area contributed by atoms with Crippen molar-refractivity contribution in [1.29, 1.82) is 0 Å². The Hall–Kier alpha value is -0.130. The van der Waals surface area contributed by atoms with Crippen LogP contribution in [0.1, 0.15) is 51.9 Å². The zero-order valence-electron chi connectivity index (χ0n) is 12.4. The molecule has 5 heteroatoms. The number of hydrogen-bond acceptors (Lipinski definition) is 4. The molecule has 4 nitrogen and oxygen atoms in total. The van der Waals surface area contributed by atoms with Crippen LogP contribution in [-0.4, -0.2) is 45.7 Å². The molecule has 0 bridgehead atoms. The average Bonchev–Trinajstić information content (AvgIpc) is 2.83. The molecular formula is C14H29NO3S. The van der Waals surface area contributed by atoms with Gasteiger partial charge in [0.25, 0.3) is 0 Å². The van der Waals surface area contributed by atoms with Crippen LogP contribution in [0.25, 0.3) is 0 Å². The van der Waals surface area contributed by atoms with Crippen LogP contribution in [-0.2, 0) is 14.6 Å². The van der Waals surface area contributed by atoms with Crippen molar-refractivity contribution in [2.45, 2.75) is 64.0 Å². The van der Waals surface area contributed by atoms with Gasteiger partial charge >= 0.3 is 0 Å². The Labute approximate surface area is 118 Å². The molecule has 0 spiro atoms. The molecule has 0 aromatic heterocycles. The van der Waals surface area contributed by atoms with Gasteiger partial charge in [0.05, 0.1) is 6.10 Å². The van der Waals surface area contributed by atoms with Crippen molar-refractivity contribution in [2.24, 2.45) is 0 Å². The highest BCUT2D eigenvalue weighted by Crippen LogP contribution is 2.19. The van der Waals surface area contributed by atoms with Gasteiger partial charge in [0.2, 0.25) is 0 Å². The van der Waals surface area contributed by atoms with Crippen molar-refractivity contribution in [2.75, 3.05) is 25.2 Å². The summed E-state index contributed by atoms with van der Waals surface area (Å²) in [5.41, 5.74) is 0. The third-order valence-corrected chi connectivity index (χ3v) is 4.64. The van der Waals surface area contributed by atoms with Gasteiger partial charge in [-0.25, -0.2) is 8.42 Å². The number of sulfone groups is 1. The molecular weight excluding hydrogens is 262 g/mol. The van der Waals surface area contributed by atoms with Gasteiger partial charge in [-0.3, -0.25) is 0 Å². The minimum Gasteiger partial charge on any atom is -0.378 e. The number of rotatable bonds is 10. The molecule has 1 rings (SSSR count). The Morgan fingerprint density at radius 2 is 2.16 bits per heavy atom. The summed E-state index contributed by atoms with van der Waals surface area (Å²) in [5.74, 6) is 0.303. The lowest BCUT2D eigenvalue weighted by Gasteiger charge is -2.20. The van der Waals surface area contributed by atoms with Crippen molar-refractivity contribution >= 4 is 9.84 Å². The van der Waals surface area contributed by atoms with Gasteiger partial charge in [0.15, 0.2) is 0 Å². The van der Waals surface area contributed by atoms with Gasteiger partial charge < -0.3 is 10.1 Å².